The van der Waals surface area contributed by atoms with E-state index in [1.807, 2.05) is 0 Å². The molecule has 0 bridgehead atoms. The monoisotopic (exact) mass is 270 g/mol. The summed E-state index contributed by atoms with van der Waals surface area (Å²) in [5.41, 5.74) is 0.943. The molecule has 0 atom stereocenters. The maximum absolute atomic E-state index is 9.39. The molecule has 0 amide bonds. The molecule has 2 heterocycles. The molecule has 0 radical (unpaired) electrons. The van der Waals surface area contributed by atoms with Gasteiger partial charge in [-0.1, -0.05) is 24.7 Å². The van der Waals surface area contributed by atoms with Crippen LogP contribution in [0.25, 0.3) is 0 Å². The van der Waals surface area contributed by atoms with Crippen molar-refractivity contribution in [1.82, 2.24) is 4.98 Å². The number of aryl methyl sites for hydroxylation is 1. The number of ether oxygens (including phenoxy) is 1. The molecule has 1 aliphatic rings. The van der Waals surface area contributed by atoms with Gasteiger partial charge in [0.2, 0.25) is 0 Å². The quantitative estimate of drug-likeness (QED) is 0.911. The smallest absolute Gasteiger partial charge is 0.186 e. The van der Waals surface area contributed by atoms with Gasteiger partial charge in [0.25, 0.3) is 0 Å². The molecule has 0 saturated carbocycles. The van der Waals surface area contributed by atoms with E-state index >= 15 is 0 Å². The van der Waals surface area contributed by atoms with Crippen molar-refractivity contribution in [3.05, 3.63) is 10.6 Å². The van der Waals surface area contributed by atoms with Crippen LogP contribution in [-0.4, -0.2) is 35.4 Å². The number of aliphatic hydroxyl groups excluding tert-OH is 1. The lowest BCUT2D eigenvalue weighted by Crippen LogP contribution is -2.48. The molecule has 0 spiro atoms. The first-order valence-corrected chi connectivity index (χ1v) is 7.35. The Balaban J connectivity index is 2.17. The minimum atomic E-state index is -0.117. The largest absolute Gasteiger partial charge is 0.391 e. The first-order chi connectivity index (χ1) is 8.55. The third-order valence-electron chi connectivity index (χ3n) is 3.09. The first-order valence-electron chi connectivity index (χ1n) is 6.54. The Morgan fingerprint density at radius 3 is 2.89 bits per heavy atom. The summed E-state index contributed by atoms with van der Waals surface area (Å²) in [5, 5.41) is 10.4. The van der Waals surface area contributed by atoms with Crippen LogP contribution in [0.2, 0.25) is 0 Å². The number of hydrogen-bond donors (Lipinski definition) is 1. The zero-order chi connectivity index (χ0) is 13.2. The van der Waals surface area contributed by atoms with Crippen LogP contribution >= 0.6 is 11.3 Å². The minimum Gasteiger partial charge on any atom is -0.391 e. The molecule has 0 unspecified atom stereocenters. The van der Waals surface area contributed by atoms with Crippen molar-refractivity contribution in [1.29, 1.82) is 0 Å². The number of thiazole rings is 1. The molecule has 18 heavy (non-hydrogen) atoms. The Hall–Kier alpha value is -0.650. The van der Waals surface area contributed by atoms with Gasteiger partial charge in [-0.2, -0.15) is 0 Å². The molecule has 0 aromatic carbocycles. The molecule has 4 nitrogen and oxygen atoms in total. The van der Waals surface area contributed by atoms with E-state index in [-0.39, 0.29) is 12.2 Å². The molecule has 1 saturated heterocycles. The van der Waals surface area contributed by atoms with Gasteiger partial charge in [0, 0.05) is 13.1 Å². The number of morpholine rings is 1. The van der Waals surface area contributed by atoms with Gasteiger partial charge in [-0.3, -0.25) is 0 Å². The van der Waals surface area contributed by atoms with E-state index in [1.54, 1.807) is 11.3 Å². The van der Waals surface area contributed by atoms with Crippen molar-refractivity contribution in [3.8, 4) is 0 Å². The zero-order valence-electron chi connectivity index (χ0n) is 11.4. The highest BCUT2D eigenvalue weighted by Crippen LogP contribution is 2.30. The SMILES string of the molecule is CCCc1nc(N2CCOC(C)(C)C2)sc1CO. The number of anilines is 1. The van der Waals surface area contributed by atoms with Crippen molar-refractivity contribution >= 4 is 16.5 Å². The van der Waals surface area contributed by atoms with Gasteiger partial charge in [0.05, 0.1) is 29.4 Å². The maximum Gasteiger partial charge on any atom is 0.186 e. The Morgan fingerprint density at radius 2 is 2.28 bits per heavy atom. The second kappa shape index (κ2) is 5.55. The predicted molar refractivity (Wildman–Crippen MR) is 74.3 cm³/mol. The van der Waals surface area contributed by atoms with E-state index in [4.69, 9.17) is 4.74 Å². The van der Waals surface area contributed by atoms with Crippen molar-refractivity contribution in [2.75, 3.05) is 24.6 Å². The summed E-state index contributed by atoms with van der Waals surface area (Å²) in [6, 6.07) is 0. The summed E-state index contributed by atoms with van der Waals surface area (Å²) < 4.78 is 5.71. The highest BCUT2D eigenvalue weighted by atomic mass is 32.1. The average molecular weight is 270 g/mol. The molecule has 102 valence electrons. The van der Waals surface area contributed by atoms with Crippen molar-refractivity contribution < 1.29 is 9.84 Å². The molecular formula is C13H22N2O2S. The summed E-state index contributed by atoms with van der Waals surface area (Å²) in [7, 11) is 0. The molecule has 1 fully saturated rings. The van der Waals surface area contributed by atoms with Crippen LogP contribution in [-0.2, 0) is 17.8 Å². The number of nitrogens with zero attached hydrogens (tertiary/aromatic N) is 2. The van der Waals surface area contributed by atoms with E-state index in [0.29, 0.717) is 0 Å². The van der Waals surface area contributed by atoms with Crippen molar-refractivity contribution in [2.24, 2.45) is 0 Å². The molecule has 1 N–H and O–H groups in total. The first kappa shape index (κ1) is 13.8. The fourth-order valence-corrected chi connectivity index (χ4v) is 3.23. The molecule has 1 aromatic heterocycles. The fourth-order valence-electron chi connectivity index (χ4n) is 2.24. The van der Waals surface area contributed by atoms with Crippen LogP contribution < -0.4 is 4.90 Å². The third kappa shape index (κ3) is 3.02. The van der Waals surface area contributed by atoms with Crippen LogP contribution in [0.15, 0.2) is 0 Å². The molecule has 1 aliphatic heterocycles. The van der Waals surface area contributed by atoms with Gasteiger partial charge in [-0.05, 0) is 20.3 Å². The number of rotatable bonds is 4. The van der Waals surface area contributed by atoms with Gasteiger partial charge in [-0.25, -0.2) is 4.98 Å². The average Bonchev–Trinajstić information content (AvgIpc) is 2.71. The van der Waals surface area contributed by atoms with Crippen LogP contribution in [0.4, 0.5) is 5.13 Å². The summed E-state index contributed by atoms with van der Waals surface area (Å²) in [4.78, 5) is 7.97. The van der Waals surface area contributed by atoms with E-state index in [1.165, 1.54) is 0 Å². The Morgan fingerprint density at radius 1 is 1.50 bits per heavy atom. The second-order valence-corrected chi connectivity index (χ2v) is 6.37. The maximum atomic E-state index is 9.39. The normalized spacial score (nSPS) is 19.2. The molecule has 5 heteroatoms. The lowest BCUT2D eigenvalue weighted by molar-refractivity contribution is -0.0277. The van der Waals surface area contributed by atoms with E-state index in [0.717, 1.165) is 48.2 Å². The van der Waals surface area contributed by atoms with E-state index in [2.05, 4.69) is 30.7 Å². The predicted octanol–water partition coefficient (Wildman–Crippen LogP) is 2.20. The minimum absolute atomic E-state index is 0.0979. The summed E-state index contributed by atoms with van der Waals surface area (Å²) in [5.74, 6) is 0. The highest BCUT2D eigenvalue weighted by Gasteiger charge is 2.29. The zero-order valence-corrected chi connectivity index (χ0v) is 12.2. The molecule has 0 aliphatic carbocycles. The lowest BCUT2D eigenvalue weighted by Gasteiger charge is -2.38. The van der Waals surface area contributed by atoms with Crippen LogP contribution in [0.5, 0.6) is 0 Å². The summed E-state index contributed by atoms with van der Waals surface area (Å²) in [6.07, 6.45) is 2.00. The van der Waals surface area contributed by atoms with Crippen LogP contribution in [0, 0.1) is 0 Å². The molecular weight excluding hydrogens is 248 g/mol. The Kier molecular flexibility index (Phi) is 4.25. The van der Waals surface area contributed by atoms with Gasteiger partial charge in [-0.15, -0.1) is 0 Å². The van der Waals surface area contributed by atoms with Crippen molar-refractivity contribution in [2.45, 2.75) is 45.8 Å². The van der Waals surface area contributed by atoms with Gasteiger partial charge in [0.1, 0.15) is 0 Å². The Labute approximate surface area is 113 Å². The Bertz CT molecular complexity index is 404. The van der Waals surface area contributed by atoms with Crippen LogP contribution in [0.3, 0.4) is 0 Å². The van der Waals surface area contributed by atoms with E-state index in [9.17, 15) is 5.11 Å². The molecule has 1 aromatic rings. The van der Waals surface area contributed by atoms with Crippen LogP contribution in [0.1, 0.15) is 37.8 Å². The number of aliphatic hydroxyl groups is 1. The molecule has 2 rings (SSSR count). The topological polar surface area (TPSA) is 45.6 Å². The van der Waals surface area contributed by atoms with Gasteiger partial charge in [0.15, 0.2) is 5.13 Å². The standard InChI is InChI=1S/C13H22N2O2S/c1-4-5-10-11(8-16)18-12(14-10)15-6-7-17-13(2,3)9-15/h16H,4-9H2,1-3H3. The van der Waals surface area contributed by atoms with Gasteiger partial charge >= 0.3 is 0 Å². The fraction of sp³-hybridized carbons (Fsp3) is 0.769. The number of aromatic nitrogens is 1. The third-order valence-corrected chi connectivity index (χ3v) is 4.24. The highest BCUT2D eigenvalue weighted by molar-refractivity contribution is 7.15. The van der Waals surface area contributed by atoms with E-state index < -0.39 is 0 Å². The second-order valence-electron chi connectivity index (χ2n) is 5.30. The summed E-state index contributed by atoms with van der Waals surface area (Å²) in [6.45, 7) is 8.92. The summed E-state index contributed by atoms with van der Waals surface area (Å²) >= 11 is 1.62. The lowest BCUT2D eigenvalue weighted by atomic mass is 10.1. The van der Waals surface area contributed by atoms with Crippen molar-refractivity contribution in [3.63, 3.8) is 0 Å². The van der Waals surface area contributed by atoms with Gasteiger partial charge < -0.3 is 14.7 Å². The number of hydrogen-bond acceptors (Lipinski definition) is 5.